The summed E-state index contributed by atoms with van der Waals surface area (Å²) in [6.45, 7) is 2.10. The van der Waals surface area contributed by atoms with Crippen LogP contribution in [0, 0.1) is 0 Å². The molecule has 19 heavy (non-hydrogen) atoms. The Morgan fingerprint density at radius 2 is 1.79 bits per heavy atom. The quantitative estimate of drug-likeness (QED) is 0.917. The zero-order chi connectivity index (χ0) is 14.0. The van der Waals surface area contributed by atoms with Crippen molar-refractivity contribution in [3.05, 3.63) is 22.2 Å². The van der Waals surface area contributed by atoms with Crippen molar-refractivity contribution in [2.24, 2.45) is 5.73 Å². The van der Waals surface area contributed by atoms with Crippen molar-refractivity contribution in [2.45, 2.75) is 44.6 Å². The molecular formula is C15H22ClNO2. The van der Waals surface area contributed by atoms with Gasteiger partial charge in [0.2, 0.25) is 0 Å². The van der Waals surface area contributed by atoms with Crippen LogP contribution in [-0.4, -0.2) is 14.2 Å². The molecule has 2 rings (SSSR count). The van der Waals surface area contributed by atoms with Crippen LogP contribution >= 0.6 is 11.6 Å². The maximum Gasteiger partial charge on any atom is 0.179 e. The summed E-state index contributed by atoms with van der Waals surface area (Å²) >= 11 is 6.32. The average molecular weight is 284 g/mol. The predicted octanol–water partition coefficient (Wildman–Crippen LogP) is 3.65. The Balaban J connectivity index is 2.64. The van der Waals surface area contributed by atoms with Gasteiger partial charge in [0.1, 0.15) is 0 Å². The summed E-state index contributed by atoms with van der Waals surface area (Å²) < 4.78 is 10.9. The van der Waals surface area contributed by atoms with Crippen molar-refractivity contribution < 1.29 is 9.47 Å². The zero-order valence-corrected chi connectivity index (χ0v) is 12.6. The molecule has 2 N–H and O–H groups in total. The maximum absolute atomic E-state index is 6.59. The van der Waals surface area contributed by atoms with E-state index in [2.05, 4.69) is 6.92 Å². The molecule has 1 saturated carbocycles. The molecule has 1 fully saturated rings. The summed E-state index contributed by atoms with van der Waals surface area (Å²) in [7, 11) is 3.26. The number of nitrogens with two attached hydrogens (primary N) is 1. The molecule has 0 aromatic heterocycles. The fourth-order valence-electron chi connectivity index (χ4n) is 3.12. The maximum atomic E-state index is 6.59. The van der Waals surface area contributed by atoms with Gasteiger partial charge >= 0.3 is 0 Å². The van der Waals surface area contributed by atoms with E-state index in [1.54, 1.807) is 14.2 Å². The van der Waals surface area contributed by atoms with Crippen molar-refractivity contribution in [3.63, 3.8) is 0 Å². The summed E-state index contributed by atoms with van der Waals surface area (Å²) in [5.74, 6) is 1.33. The monoisotopic (exact) mass is 283 g/mol. The highest BCUT2D eigenvalue weighted by atomic mass is 35.5. The molecule has 1 aromatic carbocycles. The highest BCUT2D eigenvalue weighted by Crippen LogP contribution is 2.46. The lowest BCUT2D eigenvalue weighted by Gasteiger charge is -2.29. The molecule has 0 aliphatic heterocycles. The first-order chi connectivity index (χ1) is 9.07. The van der Waals surface area contributed by atoms with E-state index in [0.29, 0.717) is 10.8 Å². The van der Waals surface area contributed by atoms with Crippen molar-refractivity contribution in [1.82, 2.24) is 0 Å². The minimum Gasteiger partial charge on any atom is -0.493 e. The Morgan fingerprint density at radius 1 is 1.21 bits per heavy atom. The fraction of sp³-hybridized carbons (Fsp3) is 0.600. The Morgan fingerprint density at radius 3 is 2.26 bits per heavy atom. The molecule has 3 nitrogen and oxygen atoms in total. The highest BCUT2D eigenvalue weighted by molar-refractivity contribution is 6.32. The van der Waals surface area contributed by atoms with Crippen LogP contribution in [0.1, 0.15) is 43.7 Å². The van der Waals surface area contributed by atoms with Crippen molar-refractivity contribution >= 4 is 11.6 Å². The number of ether oxygens (including phenoxy) is 2. The summed E-state index contributed by atoms with van der Waals surface area (Å²) in [4.78, 5) is 0. The van der Waals surface area contributed by atoms with Gasteiger partial charge in [-0.1, -0.05) is 31.4 Å². The standard InChI is InChI=1S/C15H22ClNO2/c1-4-10-11(15(17)7-5-6-8-15)9-12(16)14(19-3)13(10)18-2/h9H,4-8,17H2,1-3H3. The lowest BCUT2D eigenvalue weighted by molar-refractivity contribution is 0.348. The normalized spacial score (nSPS) is 17.5. The van der Waals surface area contributed by atoms with Gasteiger partial charge in [-0.15, -0.1) is 0 Å². The Labute approximate surface area is 120 Å². The number of methoxy groups -OCH3 is 2. The second-order valence-electron chi connectivity index (χ2n) is 5.17. The first kappa shape index (κ1) is 14.5. The predicted molar refractivity (Wildman–Crippen MR) is 78.3 cm³/mol. The average Bonchev–Trinajstić information content (AvgIpc) is 2.85. The zero-order valence-electron chi connectivity index (χ0n) is 11.9. The molecule has 0 radical (unpaired) electrons. The molecule has 4 heteroatoms. The van der Waals surface area contributed by atoms with Gasteiger partial charge in [0, 0.05) is 11.1 Å². The fourth-order valence-corrected chi connectivity index (χ4v) is 3.40. The van der Waals surface area contributed by atoms with Crippen LogP contribution in [0.15, 0.2) is 6.07 Å². The number of hydrogen-bond acceptors (Lipinski definition) is 3. The van der Waals surface area contributed by atoms with Gasteiger partial charge in [-0.05, 0) is 30.9 Å². The summed E-state index contributed by atoms with van der Waals surface area (Å²) in [5.41, 5.74) is 8.56. The first-order valence-electron chi connectivity index (χ1n) is 6.80. The Bertz CT molecular complexity index is 468. The minimum absolute atomic E-state index is 0.269. The van der Waals surface area contributed by atoms with Gasteiger partial charge in [0.15, 0.2) is 11.5 Å². The number of halogens is 1. The molecule has 0 heterocycles. The molecule has 0 amide bonds. The van der Waals surface area contributed by atoms with Crippen molar-refractivity contribution in [2.75, 3.05) is 14.2 Å². The van der Waals surface area contributed by atoms with Crippen LogP contribution in [0.25, 0.3) is 0 Å². The van der Waals surface area contributed by atoms with Gasteiger partial charge in [-0.3, -0.25) is 0 Å². The molecular weight excluding hydrogens is 262 g/mol. The van der Waals surface area contributed by atoms with E-state index in [-0.39, 0.29) is 5.54 Å². The lowest BCUT2D eigenvalue weighted by atomic mass is 9.84. The van der Waals surface area contributed by atoms with Gasteiger partial charge in [-0.25, -0.2) is 0 Å². The smallest absolute Gasteiger partial charge is 0.179 e. The van der Waals surface area contributed by atoms with Crippen LogP contribution in [0.2, 0.25) is 5.02 Å². The highest BCUT2D eigenvalue weighted by Gasteiger charge is 2.35. The molecule has 0 unspecified atom stereocenters. The first-order valence-corrected chi connectivity index (χ1v) is 7.18. The van der Waals surface area contributed by atoms with E-state index >= 15 is 0 Å². The largest absolute Gasteiger partial charge is 0.493 e. The molecule has 1 aliphatic rings. The summed E-state index contributed by atoms with van der Waals surface area (Å²) in [5, 5.41) is 0.572. The van der Waals surface area contributed by atoms with E-state index in [1.165, 1.54) is 12.8 Å². The molecule has 0 saturated heterocycles. The summed E-state index contributed by atoms with van der Waals surface area (Å²) in [6, 6.07) is 1.97. The third-order valence-electron chi connectivity index (χ3n) is 4.09. The SMILES string of the molecule is CCc1c(C2(N)CCCC2)cc(Cl)c(OC)c1OC. The number of rotatable bonds is 4. The number of hydrogen-bond donors (Lipinski definition) is 1. The van der Waals surface area contributed by atoms with Crippen molar-refractivity contribution in [3.8, 4) is 11.5 Å². The van der Waals surface area contributed by atoms with Crippen LogP contribution < -0.4 is 15.2 Å². The number of benzene rings is 1. The van der Waals surface area contributed by atoms with Gasteiger partial charge in [0.05, 0.1) is 19.2 Å². The van der Waals surface area contributed by atoms with Gasteiger partial charge in [0.25, 0.3) is 0 Å². The van der Waals surface area contributed by atoms with E-state index in [4.69, 9.17) is 26.8 Å². The van der Waals surface area contributed by atoms with Crippen molar-refractivity contribution in [1.29, 1.82) is 0 Å². The minimum atomic E-state index is -0.269. The Kier molecular flexibility index (Phi) is 4.26. The molecule has 1 aliphatic carbocycles. The van der Waals surface area contributed by atoms with E-state index < -0.39 is 0 Å². The topological polar surface area (TPSA) is 44.5 Å². The van der Waals surface area contributed by atoms with Crippen LogP contribution in [0.4, 0.5) is 0 Å². The third kappa shape index (κ3) is 2.41. The van der Waals surface area contributed by atoms with Crippen LogP contribution in [0.3, 0.4) is 0 Å². The lowest BCUT2D eigenvalue weighted by Crippen LogP contribution is -2.34. The van der Waals surface area contributed by atoms with Crippen LogP contribution in [-0.2, 0) is 12.0 Å². The van der Waals surface area contributed by atoms with Crippen LogP contribution in [0.5, 0.6) is 11.5 Å². The molecule has 1 aromatic rings. The van der Waals surface area contributed by atoms with E-state index in [0.717, 1.165) is 36.1 Å². The van der Waals surface area contributed by atoms with Gasteiger partial charge < -0.3 is 15.2 Å². The second-order valence-corrected chi connectivity index (χ2v) is 5.57. The molecule has 0 bridgehead atoms. The molecule has 0 atom stereocenters. The summed E-state index contributed by atoms with van der Waals surface area (Å²) in [6.07, 6.45) is 5.21. The third-order valence-corrected chi connectivity index (χ3v) is 4.37. The van der Waals surface area contributed by atoms with E-state index in [1.807, 2.05) is 6.07 Å². The Hall–Kier alpha value is -0.930. The van der Waals surface area contributed by atoms with Gasteiger partial charge in [-0.2, -0.15) is 0 Å². The van der Waals surface area contributed by atoms with E-state index in [9.17, 15) is 0 Å². The molecule has 0 spiro atoms. The second kappa shape index (κ2) is 5.59. The molecule has 106 valence electrons.